The van der Waals surface area contributed by atoms with Crippen LogP contribution in [0.3, 0.4) is 0 Å². The lowest BCUT2D eigenvalue weighted by atomic mass is 9.98. The molecule has 0 N–H and O–H groups in total. The summed E-state index contributed by atoms with van der Waals surface area (Å²) in [6.07, 6.45) is 2.18. The van der Waals surface area contributed by atoms with Crippen molar-refractivity contribution in [3.63, 3.8) is 0 Å². The van der Waals surface area contributed by atoms with Crippen LogP contribution in [-0.2, 0) is 0 Å². The van der Waals surface area contributed by atoms with Crippen molar-refractivity contribution in [2.45, 2.75) is 32.6 Å². The summed E-state index contributed by atoms with van der Waals surface area (Å²) >= 11 is 0. The van der Waals surface area contributed by atoms with Crippen molar-refractivity contribution in [3.05, 3.63) is 45.4 Å². The summed E-state index contributed by atoms with van der Waals surface area (Å²) in [4.78, 5) is 10.6. The van der Waals surface area contributed by atoms with E-state index < -0.39 is 0 Å². The van der Waals surface area contributed by atoms with Gasteiger partial charge in [0.05, 0.1) is 4.92 Å². The van der Waals surface area contributed by atoms with Gasteiger partial charge in [-0.25, -0.2) is 0 Å². The van der Waals surface area contributed by atoms with E-state index in [0.29, 0.717) is 5.92 Å². The highest BCUT2D eigenvalue weighted by Crippen LogP contribution is 2.44. The molecule has 1 aliphatic carbocycles. The van der Waals surface area contributed by atoms with Gasteiger partial charge in [-0.1, -0.05) is 19.9 Å². The number of hydrogen-bond acceptors (Lipinski definition) is 2. The van der Waals surface area contributed by atoms with Crippen LogP contribution in [0.1, 0.15) is 43.7 Å². The van der Waals surface area contributed by atoms with Gasteiger partial charge in [0.1, 0.15) is 0 Å². The number of nitro groups is 1. The van der Waals surface area contributed by atoms with Crippen LogP contribution >= 0.6 is 0 Å². The molecular weight excluding hydrogens is 190 g/mol. The Morgan fingerprint density at radius 2 is 2.07 bits per heavy atom. The smallest absolute Gasteiger partial charge is 0.258 e. The van der Waals surface area contributed by atoms with Crippen LogP contribution in [0.5, 0.6) is 0 Å². The molecule has 0 aliphatic heterocycles. The van der Waals surface area contributed by atoms with Gasteiger partial charge in [0.15, 0.2) is 0 Å². The van der Waals surface area contributed by atoms with E-state index in [1.165, 1.54) is 5.92 Å². The van der Waals surface area contributed by atoms with E-state index in [1.807, 2.05) is 26.0 Å². The van der Waals surface area contributed by atoms with Crippen LogP contribution in [0.25, 0.3) is 0 Å². The van der Waals surface area contributed by atoms with E-state index in [9.17, 15) is 10.1 Å². The Balaban J connectivity index is 2.44. The normalized spacial score (nSPS) is 15.7. The zero-order chi connectivity index (χ0) is 11.0. The Kier molecular flexibility index (Phi) is 2.47. The third-order valence-electron chi connectivity index (χ3n) is 2.82. The van der Waals surface area contributed by atoms with Crippen LogP contribution in [-0.4, -0.2) is 4.92 Å². The monoisotopic (exact) mass is 204 g/mol. The Labute approximate surface area is 89.3 Å². The first-order chi connectivity index (χ1) is 7.09. The lowest BCUT2D eigenvalue weighted by Crippen LogP contribution is -1.97. The predicted octanol–water partition coefficient (Wildman–Crippen LogP) is 3.43. The van der Waals surface area contributed by atoms with Crippen molar-refractivity contribution in [2.24, 2.45) is 0 Å². The van der Waals surface area contributed by atoms with Crippen LogP contribution in [0.2, 0.25) is 0 Å². The summed E-state index contributed by atoms with van der Waals surface area (Å²) < 4.78 is 0. The highest BCUT2D eigenvalue weighted by molar-refractivity contribution is 5.49. The van der Waals surface area contributed by atoms with Crippen molar-refractivity contribution >= 4 is 5.69 Å². The van der Waals surface area contributed by atoms with Crippen molar-refractivity contribution in [2.75, 3.05) is 0 Å². The van der Waals surface area contributed by atoms with E-state index in [2.05, 4.69) is 0 Å². The summed E-state index contributed by atoms with van der Waals surface area (Å²) in [5.41, 5.74) is 2.31. The van der Waals surface area contributed by atoms with E-state index in [4.69, 9.17) is 0 Å². The number of benzene rings is 1. The average Bonchev–Trinajstić information content (AvgIpc) is 2.99. The molecule has 1 aromatic carbocycles. The van der Waals surface area contributed by atoms with Gasteiger partial charge >= 0.3 is 0 Å². The molecule has 0 aromatic heterocycles. The van der Waals surface area contributed by atoms with Gasteiger partial charge in [-0.2, -0.15) is 0 Å². The Morgan fingerprint density at radius 3 is 2.53 bits per heavy atom. The average molecular weight is 204 g/mol. The number of rotatable bonds is 3. The van der Waals surface area contributed by atoms with E-state index in [-0.39, 0.29) is 10.6 Å². The van der Waals surface area contributed by atoms with Crippen molar-refractivity contribution in [1.29, 1.82) is 0 Å². The molecule has 0 amide bonds. The van der Waals surface area contributed by atoms with Crippen molar-refractivity contribution < 1.29 is 4.92 Å². The minimum atomic E-state index is -0.275. The van der Waals surface area contributed by atoms with Gasteiger partial charge in [-0.05, 0) is 36.3 Å². The molecule has 0 unspecified atom stereocenters. The Hall–Kier alpha value is -1.38. The lowest BCUT2D eigenvalue weighted by molar-refractivity contribution is -0.385. The topological polar surface area (TPSA) is 43.1 Å². The molecule has 0 heterocycles. The highest BCUT2D eigenvalue weighted by atomic mass is 16.6. The lowest BCUT2D eigenvalue weighted by Gasteiger charge is -2.07. The number of nitrogens with zero attached hydrogens (tertiary/aromatic N) is 1. The fourth-order valence-electron chi connectivity index (χ4n) is 1.75. The molecule has 1 fully saturated rings. The van der Waals surface area contributed by atoms with Gasteiger partial charge in [-0.3, -0.25) is 10.1 Å². The Bertz CT molecular complexity index is 395. The first-order valence-corrected chi connectivity index (χ1v) is 5.18. The molecule has 0 atom stereocenters. The van der Waals surface area contributed by atoms with E-state index in [1.54, 1.807) is 6.07 Å². The largest absolute Gasteiger partial charge is 0.272 e. The third kappa shape index (κ3) is 2.01. The number of hydrogen-bond donors (Lipinski definition) is 0. The summed E-state index contributed by atoms with van der Waals surface area (Å²) in [5.74, 6) is 1.62. The Morgan fingerprint density at radius 1 is 1.40 bits per heavy atom. The molecule has 1 saturated carbocycles. The molecule has 3 heteroatoms. The summed E-state index contributed by atoms with van der Waals surface area (Å²) in [7, 11) is 0. The van der Waals surface area contributed by atoms with Crippen molar-refractivity contribution in [1.82, 2.24) is 0 Å². The zero-order valence-electron chi connectivity index (χ0n) is 8.99. The third-order valence-corrected chi connectivity index (χ3v) is 2.82. The second kappa shape index (κ2) is 3.65. The highest BCUT2D eigenvalue weighted by Gasteiger charge is 2.30. The van der Waals surface area contributed by atoms with Gasteiger partial charge in [-0.15, -0.1) is 0 Å². The fourth-order valence-corrected chi connectivity index (χ4v) is 1.75. The standard InChI is InChI=1S/C12H14NO2/c1-8(2)10-5-6-12(13(14)15)11(7-10)9-3-4-9/h5-7,9H,3-4H2,1-2H3. The molecule has 1 aromatic rings. The van der Waals surface area contributed by atoms with Gasteiger partial charge in [0.2, 0.25) is 0 Å². The molecule has 0 bridgehead atoms. The second-order valence-corrected chi connectivity index (χ2v) is 4.30. The molecule has 1 aliphatic rings. The molecule has 15 heavy (non-hydrogen) atoms. The van der Waals surface area contributed by atoms with Crippen molar-refractivity contribution in [3.8, 4) is 0 Å². The van der Waals surface area contributed by atoms with E-state index >= 15 is 0 Å². The minimum absolute atomic E-state index is 0.275. The SMILES string of the molecule is C[C](C)c1ccc([N+](=O)[O-])c(C2CC2)c1. The summed E-state index contributed by atoms with van der Waals surface area (Å²) in [6, 6.07) is 5.44. The van der Waals surface area contributed by atoms with Crippen LogP contribution in [0, 0.1) is 16.0 Å². The van der Waals surface area contributed by atoms with E-state index in [0.717, 1.165) is 24.0 Å². The van der Waals surface area contributed by atoms with Gasteiger partial charge in [0.25, 0.3) is 5.69 Å². The second-order valence-electron chi connectivity index (χ2n) is 4.30. The predicted molar refractivity (Wildman–Crippen MR) is 58.8 cm³/mol. The van der Waals surface area contributed by atoms with Gasteiger partial charge in [0, 0.05) is 11.6 Å². The van der Waals surface area contributed by atoms with Gasteiger partial charge < -0.3 is 0 Å². The molecule has 1 radical (unpaired) electrons. The molecular formula is C12H14NO2. The zero-order valence-corrected chi connectivity index (χ0v) is 8.99. The first kappa shape index (κ1) is 10.1. The fraction of sp³-hybridized carbons (Fsp3) is 0.417. The van der Waals surface area contributed by atoms with Crippen LogP contribution < -0.4 is 0 Å². The van der Waals surface area contributed by atoms with Crippen LogP contribution in [0.4, 0.5) is 5.69 Å². The van der Waals surface area contributed by atoms with Crippen LogP contribution in [0.15, 0.2) is 18.2 Å². The summed E-state index contributed by atoms with van der Waals surface area (Å²) in [5, 5.41) is 10.8. The maximum atomic E-state index is 10.8. The molecule has 2 rings (SSSR count). The number of nitro benzene ring substituents is 1. The molecule has 0 saturated heterocycles. The minimum Gasteiger partial charge on any atom is -0.258 e. The first-order valence-electron chi connectivity index (χ1n) is 5.18. The summed E-state index contributed by atoms with van der Waals surface area (Å²) in [6.45, 7) is 4.05. The maximum absolute atomic E-state index is 10.8. The quantitative estimate of drug-likeness (QED) is 0.559. The molecule has 3 nitrogen and oxygen atoms in total. The molecule has 0 spiro atoms. The molecule has 79 valence electrons. The maximum Gasteiger partial charge on any atom is 0.272 e.